The van der Waals surface area contributed by atoms with Crippen molar-refractivity contribution in [1.29, 1.82) is 0 Å². The second-order valence-electron chi connectivity index (χ2n) is 11.3. The largest absolute Gasteiger partial charge is 0.462 e. The number of rotatable bonds is 5. The zero-order valence-electron chi connectivity index (χ0n) is 21.8. The summed E-state index contributed by atoms with van der Waals surface area (Å²) >= 11 is 6.68. The van der Waals surface area contributed by atoms with Crippen LogP contribution in [0.2, 0.25) is 5.02 Å². The minimum atomic E-state index is -0.303. The average molecular weight is 535 g/mol. The number of benzene rings is 2. The number of likely N-dealkylation sites (N-methyl/N-ethyl adjacent to an activating group) is 1. The quantitative estimate of drug-likeness (QED) is 0.517. The smallest absolute Gasteiger partial charge is 0.318 e. The summed E-state index contributed by atoms with van der Waals surface area (Å²) in [6.45, 7) is 4.83. The van der Waals surface area contributed by atoms with Gasteiger partial charge in [-0.1, -0.05) is 35.9 Å². The second kappa shape index (κ2) is 9.83. The summed E-state index contributed by atoms with van der Waals surface area (Å²) in [4.78, 5) is 17.1. The highest BCUT2D eigenvalue weighted by Gasteiger charge is 2.40. The van der Waals surface area contributed by atoms with Crippen LogP contribution in [0.3, 0.4) is 0 Å². The number of ether oxygens (including phenoxy) is 1. The number of piperazine rings is 1. The van der Waals surface area contributed by atoms with Crippen molar-refractivity contribution in [3.63, 3.8) is 0 Å². The topological polar surface area (TPSA) is 77.0 Å². The first-order valence-corrected chi connectivity index (χ1v) is 14.3. The van der Waals surface area contributed by atoms with Crippen molar-refractivity contribution in [2.45, 2.75) is 56.5 Å². The fourth-order valence-corrected chi connectivity index (χ4v) is 7.09. The Kier molecular flexibility index (Phi) is 6.31. The van der Waals surface area contributed by atoms with E-state index in [1.807, 2.05) is 12.1 Å². The third-order valence-corrected chi connectivity index (χ3v) is 9.18. The molecule has 3 saturated heterocycles. The third-order valence-electron chi connectivity index (χ3n) is 8.87. The van der Waals surface area contributed by atoms with Crippen LogP contribution in [-0.4, -0.2) is 84.0 Å². The van der Waals surface area contributed by atoms with Gasteiger partial charge in [-0.2, -0.15) is 9.97 Å². The van der Waals surface area contributed by atoms with Gasteiger partial charge in [-0.05, 0) is 56.8 Å². The number of hydrogen-bond acceptors (Lipinski definition) is 8. The van der Waals surface area contributed by atoms with Crippen LogP contribution in [0.1, 0.15) is 30.5 Å². The van der Waals surface area contributed by atoms with Gasteiger partial charge in [0, 0.05) is 48.4 Å². The van der Waals surface area contributed by atoms with E-state index in [1.54, 1.807) is 0 Å². The van der Waals surface area contributed by atoms with Crippen LogP contribution >= 0.6 is 11.6 Å². The molecule has 2 N–H and O–H groups in total. The number of halogens is 1. The Hall–Kier alpha value is -2.65. The predicted molar refractivity (Wildman–Crippen MR) is 150 cm³/mol. The Balaban J connectivity index is 1.23. The summed E-state index contributed by atoms with van der Waals surface area (Å²) in [6, 6.07) is 13.7. The highest BCUT2D eigenvalue weighted by atomic mass is 35.5. The first-order valence-electron chi connectivity index (χ1n) is 13.9. The van der Waals surface area contributed by atoms with Gasteiger partial charge in [-0.25, -0.2) is 0 Å². The minimum absolute atomic E-state index is 0.0776. The number of aliphatic hydroxyl groups is 1. The molecule has 0 saturated carbocycles. The lowest BCUT2D eigenvalue weighted by molar-refractivity contribution is 0.162. The van der Waals surface area contributed by atoms with Crippen molar-refractivity contribution in [3.05, 3.63) is 52.7 Å². The first kappa shape index (κ1) is 24.4. The number of fused-ring (bicyclic) bond motifs is 4. The van der Waals surface area contributed by atoms with Crippen LogP contribution in [0, 0.1) is 0 Å². The summed E-state index contributed by atoms with van der Waals surface area (Å²) < 4.78 is 6.28. The molecule has 4 aliphatic rings. The highest BCUT2D eigenvalue weighted by Crippen LogP contribution is 2.37. The molecule has 200 valence electrons. The molecule has 9 heteroatoms. The van der Waals surface area contributed by atoms with E-state index in [4.69, 9.17) is 26.3 Å². The van der Waals surface area contributed by atoms with Gasteiger partial charge in [0.2, 0.25) is 0 Å². The van der Waals surface area contributed by atoms with Crippen molar-refractivity contribution in [1.82, 2.24) is 20.2 Å². The van der Waals surface area contributed by atoms with Gasteiger partial charge in [0.05, 0.1) is 29.4 Å². The van der Waals surface area contributed by atoms with Gasteiger partial charge in [-0.3, -0.25) is 0 Å². The van der Waals surface area contributed by atoms with E-state index in [-0.39, 0.29) is 18.2 Å². The van der Waals surface area contributed by atoms with E-state index in [9.17, 15) is 5.11 Å². The minimum Gasteiger partial charge on any atom is -0.462 e. The van der Waals surface area contributed by atoms with Crippen LogP contribution in [-0.2, 0) is 13.0 Å². The van der Waals surface area contributed by atoms with Crippen molar-refractivity contribution in [3.8, 4) is 6.01 Å². The van der Waals surface area contributed by atoms with E-state index in [2.05, 4.69) is 51.3 Å². The van der Waals surface area contributed by atoms with Crippen LogP contribution in [0.5, 0.6) is 6.01 Å². The van der Waals surface area contributed by atoms with Gasteiger partial charge >= 0.3 is 6.01 Å². The Bertz CT molecular complexity index is 1350. The Labute approximate surface area is 228 Å². The number of likely N-dealkylation sites (tertiary alicyclic amines) is 1. The van der Waals surface area contributed by atoms with Crippen LogP contribution in [0.15, 0.2) is 36.4 Å². The fourth-order valence-electron chi connectivity index (χ4n) is 6.81. The predicted octanol–water partition coefficient (Wildman–Crippen LogP) is 3.23. The molecule has 5 heterocycles. The zero-order chi connectivity index (χ0) is 25.8. The number of nitrogens with zero attached hydrogens (tertiary/aromatic N) is 5. The molecule has 2 bridgehead atoms. The summed E-state index contributed by atoms with van der Waals surface area (Å²) in [7, 11) is 2.16. The maximum atomic E-state index is 10.5. The molecule has 8 nitrogen and oxygen atoms in total. The lowest BCUT2D eigenvalue weighted by Crippen LogP contribution is -2.53. The Morgan fingerprint density at radius 1 is 1.11 bits per heavy atom. The van der Waals surface area contributed by atoms with E-state index in [1.165, 1.54) is 12.0 Å². The SMILES string of the molecule is CN1CCCC1COc1nc2c(c(N3C[C@@H]4C[C@@H](O)[C@H](C3)N4)n1)CCN(c1cccc3cccc(Cl)c13)C2. The number of aromatic nitrogens is 2. The summed E-state index contributed by atoms with van der Waals surface area (Å²) in [5.41, 5.74) is 3.36. The van der Waals surface area contributed by atoms with Crippen molar-refractivity contribution in [2.75, 3.05) is 49.6 Å². The normalized spacial score (nSPS) is 27.2. The maximum Gasteiger partial charge on any atom is 0.318 e. The van der Waals surface area contributed by atoms with Crippen molar-refractivity contribution >= 4 is 33.9 Å². The lowest BCUT2D eigenvalue weighted by Gasteiger charge is -2.37. The first-order chi connectivity index (χ1) is 18.5. The third kappa shape index (κ3) is 4.37. The molecule has 3 fully saturated rings. The van der Waals surface area contributed by atoms with Crippen LogP contribution in [0.25, 0.3) is 10.8 Å². The monoisotopic (exact) mass is 534 g/mol. The molecule has 4 aliphatic heterocycles. The lowest BCUT2D eigenvalue weighted by atomic mass is 10.0. The van der Waals surface area contributed by atoms with Crippen LogP contribution in [0.4, 0.5) is 11.5 Å². The molecule has 38 heavy (non-hydrogen) atoms. The molecule has 3 aromatic rings. The summed E-state index contributed by atoms with van der Waals surface area (Å²) in [5, 5.41) is 17.0. The van der Waals surface area contributed by atoms with E-state index < -0.39 is 0 Å². The van der Waals surface area contributed by atoms with E-state index >= 15 is 0 Å². The van der Waals surface area contributed by atoms with Gasteiger partial charge in [0.15, 0.2) is 0 Å². The Morgan fingerprint density at radius 3 is 2.79 bits per heavy atom. The summed E-state index contributed by atoms with van der Waals surface area (Å²) in [5.74, 6) is 0.978. The average Bonchev–Trinajstić information content (AvgIpc) is 3.46. The molecule has 4 atom stereocenters. The molecule has 0 spiro atoms. The maximum absolute atomic E-state index is 10.5. The molecule has 2 aromatic carbocycles. The number of hydrogen-bond donors (Lipinski definition) is 2. The second-order valence-corrected chi connectivity index (χ2v) is 11.7. The molecule has 7 rings (SSSR count). The fraction of sp³-hybridized carbons (Fsp3) is 0.517. The molecule has 0 aliphatic carbocycles. The molecular weight excluding hydrogens is 500 g/mol. The van der Waals surface area contributed by atoms with Crippen molar-refractivity contribution < 1.29 is 9.84 Å². The van der Waals surface area contributed by atoms with Crippen molar-refractivity contribution in [2.24, 2.45) is 0 Å². The van der Waals surface area contributed by atoms with Gasteiger partial charge in [0.1, 0.15) is 12.4 Å². The van der Waals surface area contributed by atoms with Gasteiger partial charge < -0.3 is 29.9 Å². The van der Waals surface area contributed by atoms with Crippen LogP contribution < -0.4 is 19.9 Å². The molecule has 0 amide bonds. The highest BCUT2D eigenvalue weighted by molar-refractivity contribution is 6.36. The Morgan fingerprint density at radius 2 is 1.97 bits per heavy atom. The standard InChI is InChI=1S/C29H35ClN6O2/c1-34-11-4-7-20(34)17-38-29-32-23-15-35(25-9-3-6-18-5-2-8-22(30)27(18)25)12-10-21(23)28(33-29)36-14-19-13-26(37)24(16-36)31-19/h2-3,5-6,8-9,19-20,24,26,31,37H,4,7,10-17H2,1H3/t19-,20?,24-,26+/m0/s1. The van der Waals surface area contributed by atoms with E-state index in [0.29, 0.717) is 25.2 Å². The van der Waals surface area contributed by atoms with E-state index in [0.717, 1.165) is 78.4 Å². The number of aliphatic hydroxyl groups excluding tert-OH is 1. The zero-order valence-corrected chi connectivity index (χ0v) is 22.6. The summed E-state index contributed by atoms with van der Waals surface area (Å²) in [6.07, 6.45) is 3.68. The molecule has 1 unspecified atom stereocenters. The molecule has 0 radical (unpaired) electrons. The van der Waals surface area contributed by atoms with Gasteiger partial charge in [-0.15, -0.1) is 0 Å². The van der Waals surface area contributed by atoms with Gasteiger partial charge in [0.25, 0.3) is 0 Å². The molecular formula is C29H35ClN6O2. The number of nitrogens with one attached hydrogen (secondary N) is 1. The number of anilines is 2. The molecule has 1 aromatic heterocycles.